The van der Waals surface area contributed by atoms with Gasteiger partial charge in [-0.15, -0.1) is 0 Å². The molecule has 1 fully saturated rings. The Labute approximate surface area is 159 Å². The summed E-state index contributed by atoms with van der Waals surface area (Å²) in [4.78, 5) is 23.3. The SMILES string of the molecule is COc1ccnc(-c2cccc(C(=O)NCCN3CCCCC3CO)c2)n1. The molecule has 144 valence electrons. The summed E-state index contributed by atoms with van der Waals surface area (Å²) in [6.45, 7) is 2.45. The summed E-state index contributed by atoms with van der Waals surface area (Å²) in [5.74, 6) is 0.871. The maximum atomic E-state index is 12.5. The molecular formula is C20H26N4O3. The Kier molecular flexibility index (Phi) is 6.73. The van der Waals surface area contributed by atoms with Crippen LogP contribution < -0.4 is 10.1 Å². The topological polar surface area (TPSA) is 87.6 Å². The summed E-state index contributed by atoms with van der Waals surface area (Å²) in [6, 6.07) is 9.13. The van der Waals surface area contributed by atoms with Crippen LogP contribution in [0.2, 0.25) is 0 Å². The second kappa shape index (κ2) is 9.43. The van der Waals surface area contributed by atoms with Crippen LogP contribution in [0, 0.1) is 0 Å². The van der Waals surface area contributed by atoms with Gasteiger partial charge in [0.1, 0.15) is 0 Å². The highest BCUT2D eigenvalue weighted by molar-refractivity contribution is 5.95. The fraction of sp³-hybridized carbons (Fsp3) is 0.450. The normalized spacial score (nSPS) is 17.5. The first-order valence-electron chi connectivity index (χ1n) is 9.32. The molecule has 2 aromatic rings. The molecule has 7 nitrogen and oxygen atoms in total. The lowest BCUT2D eigenvalue weighted by Gasteiger charge is -2.34. The number of carbonyl (C=O) groups is 1. The zero-order valence-electron chi connectivity index (χ0n) is 15.6. The maximum absolute atomic E-state index is 12.5. The van der Waals surface area contributed by atoms with Gasteiger partial charge < -0.3 is 15.2 Å². The number of aromatic nitrogens is 2. The Morgan fingerprint density at radius 2 is 2.26 bits per heavy atom. The molecule has 0 aliphatic carbocycles. The number of nitrogens with one attached hydrogen (secondary N) is 1. The van der Waals surface area contributed by atoms with Crippen LogP contribution in [0.25, 0.3) is 11.4 Å². The van der Waals surface area contributed by atoms with E-state index in [0.29, 0.717) is 23.8 Å². The number of ether oxygens (including phenoxy) is 1. The maximum Gasteiger partial charge on any atom is 0.251 e. The van der Waals surface area contributed by atoms with Crippen LogP contribution in [-0.4, -0.2) is 65.3 Å². The summed E-state index contributed by atoms with van der Waals surface area (Å²) >= 11 is 0. The van der Waals surface area contributed by atoms with Crippen LogP contribution in [0.15, 0.2) is 36.5 Å². The first-order valence-corrected chi connectivity index (χ1v) is 9.32. The second-order valence-corrected chi connectivity index (χ2v) is 6.63. The van der Waals surface area contributed by atoms with Crippen molar-refractivity contribution in [1.82, 2.24) is 20.2 Å². The zero-order chi connectivity index (χ0) is 19.1. The van der Waals surface area contributed by atoms with Crippen molar-refractivity contribution in [3.8, 4) is 17.3 Å². The molecule has 2 N–H and O–H groups in total. The highest BCUT2D eigenvalue weighted by atomic mass is 16.5. The van der Waals surface area contributed by atoms with Gasteiger partial charge in [-0.05, 0) is 31.5 Å². The first-order chi connectivity index (χ1) is 13.2. The number of piperidine rings is 1. The molecule has 0 saturated carbocycles. The minimum Gasteiger partial charge on any atom is -0.481 e. The molecule has 7 heteroatoms. The largest absolute Gasteiger partial charge is 0.481 e. The lowest BCUT2D eigenvalue weighted by Crippen LogP contribution is -2.45. The van der Waals surface area contributed by atoms with E-state index in [1.54, 1.807) is 31.5 Å². The Morgan fingerprint density at radius 3 is 3.07 bits per heavy atom. The number of hydrogen-bond donors (Lipinski definition) is 2. The molecule has 27 heavy (non-hydrogen) atoms. The summed E-state index contributed by atoms with van der Waals surface area (Å²) < 4.78 is 5.13. The summed E-state index contributed by atoms with van der Waals surface area (Å²) in [5.41, 5.74) is 1.33. The molecule has 0 radical (unpaired) electrons. The van der Waals surface area contributed by atoms with Gasteiger partial charge in [0.2, 0.25) is 5.88 Å². The molecule has 1 aromatic heterocycles. The third-order valence-electron chi connectivity index (χ3n) is 4.87. The van der Waals surface area contributed by atoms with E-state index < -0.39 is 0 Å². The van der Waals surface area contributed by atoms with Gasteiger partial charge in [0.05, 0.1) is 13.7 Å². The fourth-order valence-corrected chi connectivity index (χ4v) is 3.37. The number of methoxy groups -OCH3 is 1. The average molecular weight is 370 g/mol. The van der Waals surface area contributed by atoms with Crippen molar-refractivity contribution in [3.63, 3.8) is 0 Å². The smallest absolute Gasteiger partial charge is 0.251 e. The van der Waals surface area contributed by atoms with Gasteiger partial charge in [0.25, 0.3) is 5.91 Å². The molecule has 0 bridgehead atoms. The summed E-state index contributed by atoms with van der Waals surface area (Å²) in [5, 5.41) is 12.4. The highest BCUT2D eigenvalue weighted by Crippen LogP contribution is 2.19. The van der Waals surface area contributed by atoms with Gasteiger partial charge in [-0.2, -0.15) is 4.98 Å². The fourth-order valence-electron chi connectivity index (χ4n) is 3.37. The van der Waals surface area contributed by atoms with Crippen LogP contribution in [0.5, 0.6) is 5.88 Å². The molecule has 1 aliphatic rings. The molecule has 0 spiro atoms. The standard InChI is InChI=1S/C20H26N4O3/c1-27-18-8-9-21-19(23-18)15-5-4-6-16(13-15)20(26)22-10-12-24-11-3-2-7-17(24)14-25/h4-6,8-9,13,17,25H,2-3,7,10-12,14H2,1H3,(H,22,26). The van der Waals surface area contributed by atoms with Crippen molar-refractivity contribution in [2.75, 3.05) is 33.4 Å². The van der Waals surface area contributed by atoms with Crippen molar-refractivity contribution in [2.45, 2.75) is 25.3 Å². The van der Waals surface area contributed by atoms with E-state index in [1.165, 1.54) is 0 Å². The van der Waals surface area contributed by atoms with E-state index in [1.807, 2.05) is 12.1 Å². The van der Waals surface area contributed by atoms with Crippen molar-refractivity contribution < 1.29 is 14.6 Å². The lowest BCUT2D eigenvalue weighted by molar-refractivity contribution is 0.0849. The Hall–Kier alpha value is -2.51. The minimum atomic E-state index is -0.127. The van der Waals surface area contributed by atoms with Crippen molar-refractivity contribution in [2.24, 2.45) is 0 Å². The predicted molar refractivity (Wildman–Crippen MR) is 103 cm³/mol. The van der Waals surface area contributed by atoms with Crippen molar-refractivity contribution in [3.05, 3.63) is 42.1 Å². The van der Waals surface area contributed by atoms with Crippen LogP contribution in [-0.2, 0) is 0 Å². The van der Waals surface area contributed by atoms with Gasteiger partial charge >= 0.3 is 0 Å². The quantitative estimate of drug-likeness (QED) is 0.772. The third kappa shape index (κ3) is 5.02. The van der Waals surface area contributed by atoms with E-state index in [4.69, 9.17) is 4.74 Å². The molecule has 3 rings (SSSR count). The number of nitrogens with zero attached hydrogens (tertiary/aromatic N) is 3. The van der Waals surface area contributed by atoms with E-state index in [2.05, 4.69) is 20.2 Å². The van der Waals surface area contributed by atoms with Gasteiger partial charge in [0.15, 0.2) is 5.82 Å². The van der Waals surface area contributed by atoms with Crippen LogP contribution in [0.1, 0.15) is 29.6 Å². The Balaban J connectivity index is 1.60. The molecule has 1 aliphatic heterocycles. The van der Waals surface area contributed by atoms with Crippen molar-refractivity contribution >= 4 is 5.91 Å². The molecular weight excluding hydrogens is 344 g/mol. The molecule has 1 atom stereocenters. The Morgan fingerprint density at radius 1 is 1.37 bits per heavy atom. The number of benzene rings is 1. The van der Waals surface area contributed by atoms with E-state index >= 15 is 0 Å². The van der Waals surface area contributed by atoms with Crippen LogP contribution >= 0.6 is 0 Å². The molecule has 1 aromatic carbocycles. The molecule has 1 unspecified atom stereocenters. The van der Waals surface area contributed by atoms with Gasteiger partial charge in [-0.1, -0.05) is 18.6 Å². The van der Waals surface area contributed by atoms with E-state index in [-0.39, 0.29) is 18.6 Å². The van der Waals surface area contributed by atoms with Crippen molar-refractivity contribution in [1.29, 1.82) is 0 Å². The summed E-state index contributed by atoms with van der Waals surface area (Å²) in [6.07, 6.45) is 4.96. The Bertz CT molecular complexity index is 768. The number of hydrogen-bond acceptors (Lipinski definition) is 6. The molecule has 2 heterocycles. The highest BCUT2D eigenvalue weighted by Gasteiger charge is 2.21. The average Bonchev–Trinajstić information content (AvgIpc) is 2.74. The van der Waals surface area contributed by atoms with E-state index in [9.17, 15) is 9.90 Å². The molecule has 1 saturated heterocycles. The predicted octanol–water partition coefficient (Wildman–Crippen LogP) is 1.73. The van der Waals surface area contributed by atoms with Crippen LogP contribution in [0.4, 0.5) is 0 Å². The number of aliphatic hydroxyl groups is 1. The second-order valence-electron chi connectivity index (χ2n) is 6.63. The minimum absolute atomic E-state index is 0.127. The monoisotopic (exact) mass is 370 g/mol. The zero-order valence-corrected chi connectivity index (χ0v) is 15.6. The van der Waals surface area contributed by atoms with Gasteiger partial charge in [-0.25, -0.2) is 4.98 Å². The third-order valence-corrected chi connectivity index (χ3v) is 4.87. The first kappa shape index (κ1) is 19.3. The number of rotatable bonds is 7. The number of amides is 1. The molecule has 1 amide bonds. The van der Waals surface area contributed by atoms with Crippen LogP contribution in [0.3, 0.4) is 0 Å². The van der Waals surface area contributed by atoms with Gasteiger partial charge in [0, 0.05) is 42.5 Å². The number of likely N-dealkylation sites (tertiary alicyclic amines) is 1. The number of aliphatic hydroxyl groups excluding tert-OH is 1. The van der Waals surface area contributed by atoms with Gasteiger partial charge in [-0.3, -0.25) is 9.69 Å². The number of carbonyl (C=O) groups excluding carboxylic acids is 1. The van der Waals surface area contributed by atoms with E-state index in [0.717, 1.165) is 37.9 Å². The lowest BCUT2D eigenvalue weighted by atomic mass is 10.0. The summed E-state index contributed by atoms with van der Waals surface area (Å²) in [7, 11) is 1.56.